The highest BCUT2D eigenvalue weighted by atomic mass is 35.5. The average Bonchev–Trinajstić information content (AvgIpc) is 4.02. The van der Waals surface area contributed by atoms with Gasteiger partial charge in [0.2, 0.25) is 0 Å². The third-order valence-corrected chi connectivity index (χ3v) is 12.1. The number of rotatable bonds is 9. The lowest BCUT2D eigenvalue weighted by Crippen LogP contribution is -2.47. The van der Waals surface area contributed by atoms with Crippen molar-refractivity contribution in [2.75, 3.05) is 88.8 Å². The van der Waals surface area contributed by atoms with Crippen LogP contribution in [-0.4, -0.2) is 106 Å². The zero-order valence-corrected chi connectivity index (χ0v) is 37.2. The number of carbonyl (C=O) groups excluding carboxylic acids is 2. The van der Waals surface area contributed by atoms with Gasteiger partial charge in [-0.15, -0.1) is 0 Å². The number of fused-ring (bicyclic) bond motifs is 2. The average molecular weight is 950 g/mol. The Morgan fingerprint density at radius 3 is 1.75 bits per heavy atom. The van der Waals surface area contributed by atoms with Crippen molar-refractivity contribution in [1.29, 1.82) is 0 Å². The summed E-state index contributed by atoms with van der Waals surface area (Å²) in [6.07, 6.45) is 6.89. The first-order chi connectivity index (χ1) is 32.5. The lowest BCUT2D eigenvalue weighted by Gasteiger charge is -2.37. The molecule has 4 aromatic carbocycles. The first-order valence-corrected chi connectivity index (χ1v) is 22.6. The highest BCUT2D eigenvalue weighted by Crippen LogP contribution is 2.30. The Hall–Kier alpha value is -7.45. The van der Waals surface area contributed by atoms with Gasteiger partial charge in [0.15, 0.2) is 5.16 Å². The number of anilines is 6. The smallest absolute Gasteiger partial charge is 0.258 e. The molecule has 0 spiro atoms. The Balaban J connectivity index is 0.000000169. The molecule has 0 unspecified atom stereocenters. The largest absolute Gasteiger partial charge is 0.366 e. The minimum absolute atomic E-state index is 0.172. The molecule has 0 bridgehead atoms. The van der Waals surface area contributed by atoms with Crippen molar-refractivity contribution in [3.63, 3.8) is 0 Å². The van der Waals surface area contributed by atoms with Crippen LogP contribution in [0.4, 0.5) is 51.9 Å². The van der Waals surface area contributed by atoms with Gasteiger partial charge in [-0.05, 0) is 66.9 Å². The number of thioether (sulfide) groups is 1. The second kappa shape index (κ2) is 19.6. The lowest BCUT2D eigenvalue weighted by molar-refractivity contribution is 0.101. The van der Waals surface area contributed by atoms with Gasteiger partial charge in [-0.3, -0.25) is 19.8 Å². The van der Waals surface area contributed by atoms with Gasteiger partial charge in [0.1, 0.15) is 40.1 Å². The minimum Gasteiger partial charge on any atom is -0.366 e. The topological polar surface area (TPSA) is 167 Å². The van der Waals surface area contributed by atoms with Crippen molar-refractivity contribution in [1.82, 2.24) is 35.3 Å². The fourth-order valence-electron chi connectivity index (χ4n) is 7.87. The number of pyridine rings is 1. The van der Waals surface area contributed by atoms with Gasteiger partial charge in [-0.1, -0.05) is 29.4 Å². The molecular weight excluding hydrogens is 910 g/mol. The molecule has 2 aliphatic heterocycles. The van der Waals surface area contributed by atoms with Gasteiger partial charge >= 0.3 is 0 Å². The van der Waals surface area contributed by atoms with Crippen molar-refractivity contribution >= 4 is 91.4 Å². The Kier molecular flexibility index (Phi) is 13.1. The predicted molar refractivity (Wildman–Crippen MR) is 253 cm³/mol. The van der Waals surface area contributed by atoms with E-state index in [1.54, 1.807) is 66.0 Å². The first-order valence-electron chi connectivity index (χ1n) is 21.0. The van der Waals surface area contributed by atoms with Crippen LogP contribution in [-0.2, 0) is 0 Å². The Morgan fingerprint density at radius 1 is 0.597 bits per heavy atom. The van der Waals surface area contributed by atoms with Gasteiger partial charge in [0, 0.05) is 98.9 Å². The van der Waals surface area contributed by atoms with Crippen LogP contribution in [0.5, 0.6) is 0 Å². The molecule has 15 nitrogen and oxygen atoms in total. The minimum atomic E-state index is -0.926. The van der Waals surface area contributed by atoms with Crippen LogP contribution in [0.2, 0.25) is 5.15 Å². The Bertz CT molecular complexity index is 3090. The number of aromatic nitrogens is 7. The molecule has 6 heterocycles. The molecule has 21 heteroatoms. The van der Waals surface area contributed by atoms with E-state index in [1.165, 1.54) is 23.9 Å². The SMILES string of the molecule is CSc1nc(Cl)cc(N2CCN(c3cc(C(=O)Nc4ccc5cn[nH]c5c4)c(F)cc3F)CC2)n1.O=C(Nc1ccc2[nH]ncc2c1)c1cc(N2CCN(c3ccccn3)CC2)c(F)cc1F. The molecule has 0 aliphatic carbocycles. The van der Waals surface area contributed by atoms with E-state index >= 15 is 0 Å². The zero-order chi connectivity index (χ0) is 46.6. The molecule has 2 saturated heterocycles. The fraction of sp³-hybridized carbons (Fsp3) is 0.196. The van der Waals surface area contributed by atoms with E-state index in [0.29, 0.717) is 79.9 Å². The Morgan fingerprint density at radius 2 is 1.15 bits per heavy atom. The number of nitrogens with one attached hydrogen (secondary N) is 4. The van der Waals surface area contributed by atoms with Crippen LogP contribution in [0.3, 0.4) is 0 Å². The number of aromatic amines is 2. The number of piperazine rings is 2. The maximum Gasteiger partial charge on any atom is 0.258 e. The molecule has 2 amide bonds. The molecule has 2 fully saturated rings. The molecule has 8 aromatic rings. The third-order valence-electron chi connectivity index (χ3n) is 11.3. The van der Waals surface area contributed by atoms with Gasteiger partial charge in [-0.2, -0.15) is 10.2 Å². The first kappa shape index (κ1) is 44.7. The number of nitrogens with zero attached hydrogens (tertiary/aromatic N) is 9. The lowest BCUT2D eigenvalue weighted by atomic mass is 10.1. The summed E-state index contributed by atoms with van der Waals surface area (Å²) in [5, 5.41) is 21.5. The summed E-state index contributed by atoms with van der Waals surface area (Å²) in [4.78, 5) is 46.3. The van der Waals surface area contributed by atoms with E-state index < -0.39 is 35.1 Å². The van der Waals surface area contributed by atoms with Crippen LogP contribution in [0, 0.1) is 23.3 Å². The normalized spacial score (nSPS) is 14.0. The number of hydrogen-bond donors (Lipinski definition) is 4. The van der Waals surface area contributed by atoms with Crippen molar-refractivity contribution < 1.29 is 27.2 Å². The summed E-state index contributed by atoms with van der Waals surface area (Å²) < 4.78 is 58.4. The molecule has 10 rings (SSSR count). The molecular formula is C46H40ClF4N13O2S. The van der Waals surface area contributed by atoms with Crippen molar-refractivity contribution in [3.05, 3.63) is 143 Å². The van der Waals surface area contributed by atoms with Crippen LogP contribution in [0.1, 0.15) is 20.7 Å². The van der Waals surface area contributed by atoms with Gasteiger partial charge < -0.3 is 30.2 Å². The number of H-pyrrole nitrogens is 2. The van der Waals surface area contributed by atoms with E-state index in [1.807, 2.05) is 34.3 Å². The number of halogens is 5. The van der Waals surface area contributed by atoms with E-state index in [2.05, 4.69) is 50.9 Å². The van der Waals surface area contributed by atoms with Crippen molar-refractivity contribution in [2.45, 2.75) is 5.16 Å². The molecule has 342 valence electrons. The molecule has 4 N–H and O–H groups in total. The van der Waals surface area contributed by atoms with E-state index in [-0.39, 0.29) is 22.5 Å². The van der Waals surface area contributed by atoms with Crippen LogP contribution in [0.15, 0.2) is 109 Å². The van der Waals surface area contributed by atoms with E-state index in [9.17, 15) is 27.2 Å². The standard InChI is InChI=1S/C23H20ClF2N7OS.C23H20F2N6O/c1-35-23-29-20(24)11-21(30-23)33-6-4-32(5-7-33)19-9-15(16(25)10-17(19)26)22(34)28-14-3-2-13-12-27-31-18(13)8-14;24-18-13-19(25)21(30-7-9-31(10-8-30)22-3-1-2-6-26-22)12-17(18)23(32)28-16-4-5-20-15(11-16)14-27-29-20/h2-3,8-12H,4-7H2,1H3,(H,27,31)(H,28,34);1-6,11-14H,7-10H2,(H,27,29)(H,28,32). The highest BCUT2D eigenvalue weighted by Gasteiger charge is 2.26. The van der Waals surface area contributed by atoms with E-state index in [0.717, 1.165) is 39.8 Å². The summed E-state index contributed by atoms with van der Waals surface area (Å²) >= 11 is 7.50. The van der Waals surface area contributed by atoms with Gasteiger partial charge in [0.25, 0.3) is 11.8 Å². The third kappa shape index (κ3) is 10.0. The molecule has 0 atom stereocenters. The molecule has 4 aromatic heterocycles. The molecule has 67 heavy (non-hydrogen) atoms. The van der Waals surface area contributed by atoms with Gasteiger partial charge in [0.05, 0.1) is 45.9 Å². The van der Waals surface area contributed by atoms with Crippen LogP contribution in [0.25, 0.3) is 21.8 Å². The summed E-state index contributed by atoms with van der Waals surface area (Å²) in [5.74, 6) is -2.98. The Labute approximate surface area is 389 Å². The van der Waals surface area contributed by atoms with Gasteiger partial charge in [-0.25, -0.2) is 32.5 Å². The fourth-order valence-corrected chi connectivity index (χ4v) is 8.47. The number of carbonyl (C=O) groups is 2. The summed E-state index contributed by atoms with van der Waals surface area (Å²) in [5.41, 5.74) is 2.46. The van der Waals surface area contributed by atoms with Crippen LogP contribution >= 0.6 is 23.4 Å². The summed E-state index contributed by atoms with van der Waals surface area (Å²) in [6.45, 7) is 4.33. The number of amides is 2. The monoisotopic (exact) mass is 949 g/mol. The molecule has 2 aliphatic rings. The molecule has 0 radical (unpaired) electrons. The second-order valence-electron chi connectivity index (χ2n) is 15.5. The second-order valence-corrected chi connectivity index (χ2v) is 16.7. The van der Waals surface area contributed by atoms with Crippen LogP contribution < -0.4 is 30.2 Å². The highest BCUT2D eigenvalue weighted by molar-refractivity contribution is 7.98. The maximum absolute atomic E-state index is 14.7. The number of hydrogen-bond acceptors (Lipinski definition) is 12. The van der Waals surface area contributed by atoms with Crippen molar-refractivity contribution in [2.24, 2.45) is 0 Å². The predicted octanol–water partition coefficient (Wildman–Crippen LogP) is 8.40. The van der Waals surface area contributed by atoms with Crippen molar-refractivity contribution in [3.8, 4) is 0 Å². The summed E-state index contributed by atoms with van der Waals surface area (Å²) in [6, 6.07) is 21.8. The quantitative estimate of drug-likeness (QED) is 0.0473. The summed E-state index contributed by atoms with van der Waals surface area (Å²) in [7, 11) is 0. The zero-order valence-electron chi connectivity index (χ0n) is 35.6. The van der Waals surface area contributed by atoms with E-state index in [4.69, 9.17) is 11.6 Å². The maximum atomic E-state index is 14.7. The molecule has 0 saturated carbocycles. The number of benzene rings is 4.